The summed E-state index contributed by atoms with van der Waals surface area (Å²) in [5.41, 5.74) is 9.54. The molecule has 7 nitrogen and oxygen atoms in total. The van der Waals surface area contributed by atoms with E-state index in [2.05, 4.69) is 5.32 Å². The fourth-order valence-electron chi connectivity index (χ4n) is 3.87. The number of hydrogen-bond donors (Lipinski definition) is 3. The zero-order chi connectivity index (χ0) is 26.1. The number of benzene rings is 3. The molecule has 188 valence electrons. The van der Waals surface area contributed by atoms with Crippen molar-refractivity contribution in [2.24, 2.45) is 5.73 Å². The van der Waals surface area contributed by atoms with Gasteiger partial charge in [0.25, 0.3) is 0 Å². The van der Waals surface area contributed by atoms with E-state index in [4.69, 9.17) is 15.9 Å². The zero-order valence-electron chi connectivity index (χ0n) is 20.4. The molecule has 0 heterocycles. The number of carbonyl (C=O) groups excluding carboxylic acids is 1. The van der Waals surface area contributed by atoms with Crippen LogP contribution in [0.4, 0.5) is 5.69 Å². The summed E-state index contributed by atoms with van der Waals surface area (Å²) in [6.07, 6.45) is 3.22. The highest BCUT2D eigenvalue weighted by atomic mass is 32.2. The summed E-state index contributed by atoms with van der Waals surface area (Å²) in [6, 6.07) is 23.0. The first kappa shape index (κ1) is 26.7. The van der Waals surface area contributed by atoms with Crippen LogP contribution in [0.2, 0.25) is 0 Å². The molecule has 1 unspecified atom stereocenters. The largest absolute Gasteiger partial charge is 0.497 e. The van der Waals surface area contributed by atoms with Crippen LogP contribution >= 0.6 is 0 Å². The van der Waals surface area contributed by atoms with Gasteiger partial charge in [0.1, 0.15) is 21.6 Å². The molecule has 0 aliphatic carbocycles. The van der Waals surface area contributed by atoms with Gasteiger partial charge in [0, 0.05) is 24.2 Å². The molecule has 1 atom stereocenters. The summed E-state index contributed by atoms with van der Waals surface area (Å²) in [4.78, 5) is 13.8. The van der Waals surface area contributed by atoms with Crippen LogP contribution in [0.5, 0.6) is 5.75 Å². The number of Topliss-reactive ketones (excluding diaryl/α,β-unsaturated/α-hetero) is 1. The van der Waals surface area contributed by atoms with E-state index in [0.717, 1.165) is 11.8 Å². The van der Waals surface area contributed by atoms with Gasteiger partial charge in [-0.2, -0.15) is 0 Å². The lowest BCUT2D eigenvalue weighted by molar-refractivity contribution is -0.115. The number of ether oxygens (including phenoxy) is 1. The van der Waals surface area contributed by atoms with Crippen molar-refractivity contribution in [3.8, 4) is 5.75 Å². The topological polar surface area (TPSA) is 122 Å². The first-order valence-electron chi connectivity index (χ1n) is 11.5. The quantitative estimate of drug-likeness (QED) is 0.247. The predicted molar refractivity (Wildman–Crippen MR) is 145 cm³/mol. The van der Waals surface area contributed by atoms with Crippen molar-refractivity contribution in [1.82, 2.24) is 0 Å². The van der Waals surface area contributed by atoms with Gasteiger partial charge in [0.2, 0.25) is 0 Å². The van der Waals surface area contributed by atoms with Crippen LogP contribution in [-0.4, -0.2) is 39.5 Å². The Morgan fingerprint density at radius 1 is 1.06 bits per heavy atom. The van der Waals surface area contributed by atoms with Gasteiger partial charge in [0.05, 0.1) is 24.1 Å². The fourth-order valence-corrected chi connectivity index (χ4v) is 4.54. The van der Waals surface area contributed by atoms with Crippen molar-refractivity contribution in [1.29, 1.82) is 5.41 Å². The van der Waals surface area contributed by atoms with Crippen molar-refractivity contribution < 1.29 is 17.9 Å². The lowest BCUT2D eigenvalue weighted by Gasteiger charge is -2.22. The van der Waals surface area contributed by atoms with Crippen LogP contribution in [-0.2, 0) is 21.1 Å². The van der Waals surface area contributed by atoms with Crippen molar-refractivity contribution >= 4 is 33.2 Å². The first-order chi connectivity index (χ1) is 17.2. The number of sulfone groups is 1. The molecule has 8 heteroatoms. The molecule has 0 aliphatic heterocycles. The van der Waals surface area contributed by atoms with E-state index in [9.17, 15) is 13.2 Å². The van der Waals surface area contributed by atoms with E-state index in [1.165, 1.54) is 6.26 Å². The van der Waals surface area contributed by atoms with Gasteiger partial charge in [0.15, 0.2) is 5.78 Å². The summed E-state index contributed by atoms with van der Waals surface area (Å²) in [7, 11) is -1.51. The van der Waals surface area contributed by atoms with Crippen LogP contribution in [0.15, 0.2) is 84.4 Å². The second kappa shape index (κ2) is 12.2. The molecule has 0 spiro atoms. The standard InChI is InChI=1S/C28H31N3O4S/c1-35-24-17-20(10-9-15-36(2,33)34)16-23(18-24)31-27(22-13-7-4-8-14-22)28(32)25(19-29)26(30)21-11-5-3-6-12-21/h3-8,11-14,16-19,27,29,31H,9-10,15,30H2,1-2H3. The summed E-state index contributed by atoms with van der Waals surface area (Å²) < 4.78 is 28.5. The number of aryl methyl sites for hydroxylation is 1. The highest BCUT2D eigenvalue weighted by molar-refractivity contribution is 7.90. The number of methoxy groups -OCH3 is 1. The minimum Gasteiger partial charge on any atom is -0.497 e. The van der Waals surface area contributed by atoms with Crippen molar-refractivity contribution in [3.63, 3.8) is 0 Å². The Bertz CT molecular complexity index is 1340. The third kappa shape index (κ3) is 7.29. The Labute approximate surface area is 212 Å². The average Bonchev–Trinajstić information content (AvgIpc) is 2.87. The number of nitrogens with one attached hydrogen (secondary N) is 2. The summed E-state index contributed by atoms with van der Waals surface area (Å²) in [6.45, 7) is 0. The number of rotatable bonds is 12. The van der Waals surface area contributed by atoms with E-state index < -0.39 is 15.9 Å². The second-order valence-electron chi connectivity index (χ2n) is 8.49. The summed E-state index contributed by atoms with van der Waals surface area (Å²) in [5, 5.41) is 11.2. The summed E-state index contributed by atoms with van der Waals surface area (Å²) >= 11 is 0. The van der Waals surface area contributed by atoms with Crippen LogP contribution in [0.1, 0.15) is 29.2 Å². The predicted octanol–water partition coefficient (Wildman–Crippen LogP) is 4.41. The van der Waals surface area contributed by atoms with Gasteiger partial charge >= 0.3 is 0 Å². The number of anilines is 1. The van der Waals surface area contributed by atoms with Gasteiger partial charge < -0.3 is 21.2 Å². The maximum absolute atomic E-state index is 13.8. The molecular formula is C28H31N3O4S. The molecule has 3 aromatic rings. The van der Waals surface area contributed by atoms with Gasteiger partial charge in [-0.1, -0.05) is 60.7 Å². The third-order valence-corrected chi connectivity index (χ3v) is 6.70. The molecule has 0 saturated carbocycles. The Kier molecular flexibility index (Phi) is 9.02. The van der Waals surface area contributed by atoms with E-state index in [1.807, 2.05) is 60.7 Å². The third-order valence-electron chi connectivity index (χ3n) is 5.67. The minimum absolute atomic E-state index is 0.0876. The minimum atomic E-state index is -3.06. The average molecular weight is 506 g/mol. The van der Waals surface area contributed by atoms with E-state index in [1.54, 1.807) is 25.3 Å². The fraction of sp³-hybridized carbons (Fsp3) is 0.214. The molecule has 0 fully saturated rings. The molecule has 3 aromatic carbocycles. The first-order valence-corrected chi connectivity index (χ1v) is 13.5. The molecule has 0 saturated heterocycles. The maximum atomic E-state index is 13.8. The molecule has 0 amide bonds. The molecule has 0 aromatic heterocycles. The lowest BCUT2D eigenvalue weighted by Crippen LogP contribution is -2.25. The Balaban J connectivity index is 1.99. The SMILES string of the molecule is COc1cc(CCCS(C)(=O)=O)cc(NC(C(=O)C(C=N)=C(N)c2ccccc2)c2ccccc2)c1. The zero-order valence-corrected chi connectivity index (χ0v) is 21.2. The van der Waals surface area contributed by atoms with Gasteiger partial charge in [-0.3, -0.25) is 4.79 Å². The summed E-state index contributed by atoms with van der Waals surface area (Å²) in [5.74, 6) is 0.323. The monoisotopic (exact) mass is 505 g/mol. The van der Waals surface area contributed by atoms with Crippen molar-refractivity contribution in [3.05, 3.63) is 101 Å². The van der Waals surface area contributed by atoms with Gasteiger partial charge in [-0.25, -0.2) is 8.42 Å². The number of carbonyl (C=O) groups is 1. The smallest absolute Gasteiger partial charge is 0.193 e. The molecule has 0 bridgehead atoms. The number of hydrogen-bond acceptors (Lipinski definition) is 7. The van der Waals surface area contributed by atoms with Crippen molar-refractivity contribution in [2.45, 2.75) is 18.9 Å². The van der Waals surface area contributed by atoms with Crippen LogP contribution in [0.25, 0.3) is 5.70 Å². The van der Waals surface area contributed by atoms with E-state index in [-0.39, 0.29) is 22.8 Å². The molecule has 3 rings (SSSR count). The normalized spacial score (nSPS) is 12.8. The lowest BCUT2D eigenvalue weighted by atomic mass is 9.94. The van der Waals surface area contributed by atoms with Gasteiger partial charge in [-0.05, 0) is 41.7 Å². The number of ketones is 1. The molecule has 0 radical (unpaired) electrons. The molecule has 0 aliphatic rings. The van der Waals surface area contributed by atoms with Crippen LogP contribution < -0.4 is 15.8 Å². The van der Waals surface area contributed by atoms with Gasteiger partial charge in [-0.15, -0.1) is 0 Å². The van der Waals surface area contributed by atoms with Crippen LogP contribution in [0.3, 0.4) is 0 Å². The van der Waals surface area contributed by atoms with Crippen molar-refractivity contribution in [2.75, 3.05) is 24.4 Å². The Morgan fingerprint density at radius 2 is 1.69 bits per heavy atom. The number of nitrogens with two attached hydrogens (primary N) is 1. The highest BCUT2D eigenvalue weighted by Crippen LogP contribution is 2.29. The van der Waals surface area contributed by atoms with Crippen LogP contribution in [0, 0.1) is 5.41 Å². The Hall–Kier alpha value is -3.91. The molecule has 36 heavy (non-hydrogen) atoms. The Morgan fingerprint density at radius 3 is 2.28 bits per heavy atom. The highest BCUT2D eigenvalue weighted by Gasteiger charge is 2.25. The molecule has 4 N–H and O–H groups in total. The van der Waals surface area contributed by atoms with E-state index in [0.29, 0.717) is 35.4 Å². The molecular weight excluding hydrogens is 474 g/mol. The second-order valence-corrected chi connectivity index (χ2v) is 10.8. The maximum Gasteiger partial charge on any atom is 0.193 e. The van der Waals surface area contributed by atoms with E-state index >= 15 is 0 Å².